The molecule has 20 heavy (non-hydrogen) atoms. The summed E-state index contributed by atoms with van der Waals surface area (Å²) >= 11 is 0. The van der Waals surface area contributed by atoms with E-state index >= 15 is 0 Å². The molecule has 0 spiro atoms. The van der Waals surface area contributed by atoms with Gasteiger partial charge in [-0.05, 0) is 39.8 Å². The molecule has 0 bridgehead atoms. The molecule has 2 rings (SSSR count). The van der Waals surface area contributed by atoms with Crippen molar-refractivity contribution < 1.29 is 9.15 Å². The molecular formula is C16H28N2O2. The second kappa shape index (κ2) is 6.74. The smallest absolute Gasteiger partial charge is 0.118 e. The van der Waals surface area contributed by atoms with Crippen LogP contribution in [0.4, 0.5) is 0 Å². The lowest BCUT2D eigenvalue weighted by Crippen LogP contribution is -2.51. The molecule has 114 valence electrons. The zero-order valence-corrected chi connectivity index (χ0v) is 13.2. The lowest BCUT2D eigenvalue weighted by molar-refractivity contribution is -0.131. The predicted molar refractivity (Wildman–Crippen MR) is 80.6 cm³/mol. The third kappa shape index (κ3) is 4.62. The van der Waals surface area contributed by atoms with Gasteiger partial charge in [0.25, 0.3) is 0 Å². The minimum Gasteiger partial charge on any atom is -0.468 e. The highest BCUT2D eigenvalue weighted by molar-refractivity contribution is 5.12. The molecule has 0 aliphatic carbocycles. The lowest BCUT2D eigenvalue weighted by atomic mass is 10.1. The summed E-state index contributed by atoms with van der Waals surface area (Å²) in [6.45, 7) is 13.3. The highest BCUT2D eigenvalue weighted by atomic mass is 16.5. The van der Waals surface area contributed by atoms with Crippen molar-refractivity contribution in [2.24, 2.45) is 0 Å². The van der Waals surface area contributed by atoms with Crippen molar-refractivity contribution >= 4 is 0 Å². The van der Waals surface area contributed by atoms with Gasteiger partial charge in [-0.3, -0.25) is 4.90 Å². The second-order valence-corrected chi connectivity index (χ2v) is 6.46. The molecule has 0 aromatic carbocycles. The fourth-order valence-corrected chi connectivity index (χ4v) is 2.94. The van der Waals surface area contributed by atoms with Crippen molar-refractivity contribution in [3.63, 3.8) is 0 Å². The Labute approximate surface area is 122 Å². The Morgan fingerprint density at radius 2 is 2.25 bits per heavy atom. The molecule has 0 radical (unpaired) electrons. The highest BCUT2D eigenvalue weighted by Crippen LogP contribution is 2.22. The van der Waals surface area contributed by atoms with Crippen LogP contribution in [0.3, 0.4) is 0 Å². The summed E-state index contributed by atoms with van der Waals surface area (Å²) in [6.07, 6.45) is 3.30. The van der Waals surface area contributed by atoms with Gasteiger partial charge in [0.05, 0.1) is 24.5 Å². The Kier molecular flexibility index (Phi) is 5.24. The Balaban J connectivity index is 1.86. The first-order valence-corrected chi connectivity index (χ1v) is 7.65. The van der Waals surface area contributed by atoms with E-state index in [0.717, 1.165) is 44.9 Å². The number of furan rings is 1. The first-order chi connectivity index (χ1) is 9.48. The molecule has 4 heteroatoms. The molecule has 4 nitrogen and oxygen atoms in total. The molecule has 1 aliphatic heterocycles. The molecule has 1 N–H and O–H groups in total. The Bertz CT molecular complexity index is 414. The van der Waals surface area contributed by atoms with E-state index < -0.39 is 0 Å². The van der Waals surface area contributed by atoms with Crippen LogP contribution in [0, 0.1) is 0 Å². The monoisotopic (exact) mass is 280 g/mol. The molecule has 0 saturated carbocycles. The van der Waals surface area contributed by atoms with E-state index in [9.17, 15) is 0 Å². The maximum Gasteiger partial charge on any atom is 0.118 e. The standard InChI is InChI=1S/C16H28N2O2/c1-5-6-17-8-14-7-15(19-11-14)10-18-9-13(2)20-16(3,4)12-18/h7,11,13,17H,5-6,8-10,12H2,1-4H3. The summed E-state index contributed by atoms with van der Waals surface area (Å²) in [5.74, 6) is 1.04. The van der Waals surface area contributed by atoms with Crippen molar-refractivity contribution in [2.75, 3.05) is 19.6 Å². The van der Waals surface area contributed by atoms with Crippen LogP contribution in [-0.2, 0) is 17.8 Å². The summed E-state index contributed by atoms with van der Waals surface area (Å²) < 4.78 is 11.6. The van der Waals surface area contributed by atoms with Gasteiger partial charge in [-0.25, -0.2) is 0 Å². The zero-order chi connectivity index (χ0) is 14.6. The first kappa shape index (κ1) is 15.5. The largest absolute Gasteiger partial charge is 0.468 e. The normalized spacial score (nSPS) is 23.1. The van der Waals surface area contributed by atoms with Gasteiger partial charge in [-0.1, -0.05) is 6.92 Å². The summed E-state index contributed by atoms with van der Waals surface area (Å²) in [4.78, 5) is 2.41. The van der Waals surface area contributed by atoms with E-state index in [4.69, 9.17) is 9.15 Å². The van der Waals surface area contributed by atoms with Crippen LogP contribution in [0.5, 0.6) is 0 Å². The molecule has 1 atom stereocenters. The molecule has 2 heterocycles. The van der Waals surface area contributed by atoms with Crippen molar-refractivity contribution in [1.29, 1.82) is 0 Å². The number of nitrogens with zero attached hydrogens (tertiary/aromatic N) is 1. The van der Waals surface area contributed by atoms with Gasteiger partial charge in [0.2, 0.25) is 0 Å². The van der Waals surface area contributed by atoms with Crippen LogP contribution in [-0.4, -0.2) is 36.2 Å². The third-order valence-corrected chi connectivity index (χ3v) is 3.48. The maximum absolute atomic E-state index is 5.93. The maximum atomic E-state index is 5.93. The van der Waals surface area contributed by atoms with Crippen LogP contribution < -0.4 is 5.32 Å². The fourth-order valence-electron chi connectivity index (χ4n) is 2.94. The van der Waals surface area contributed by atoms with E-state index in [2.05, 4.69) is 44.0 Å². The number of ether oxygens (including phenoxy) is 1. The van der Waals surface area contributed by atoms with E-state index in [1.165, 1.54) is 5.56 Å². The lowest BCUT2D eigenvalue weighted by Gasteiger charge is -2.41. The van der Waals surface area contributed by atoms with Gasteiger partial charge >= 0.3 is 0 Å². The van der Waals surface area contributed by atoms with Gasteiger partial charge in [0, 0.05) is 25.2 Å². The summed E-state index contributed by atoms with van der Waals surface area (Å²) in [6, 6.07) is 2.16. The molecule has 1 aromatic rings. The van der Waals surface area contributed by atoms with E-state index in [1.54, 1.807) is 0 Å². The molecule has 0 amide bonds. The van der Waals surface area contributed by atoms with Crippen LogP contribution in [0.2, 0.25) is 0 Å². The Morgan fingerprint density at radius 3 is 2.95 bits per heavy atom. The van der Waals surface area contributed by atoms with Gasteiger partial charge < -0.3 is 14.5 Å². The van der Waals surface area contributed by atoms with Gasteiger partial charge in [0.15, 0.2) is 0 Å². The predicted octanol–water partition coefficient (Wildman–Crippen LogP) is 2.78. The van der Waals surface area contributed by atoms with Gasteiger partial charge in [0.1, 0.15) is 5.76 Å². The Morgan fingerprint density at radius 1 is 1.45 bits per heavy atom. The minimum atomic E-state index is -0.0736. The van der Waals surface area contributed by atoms with Crippen molar-refractivity contribution in [3.05, 3.63) is 23.7 Å². The third-order valence-electron chi connectivity index (χ3n) is 3.48. The van der Waals surface area contributed by atoms with Crippen LogP contribution in [0.1, 0.15) is 45.4 Å². The number of morpholine rings is 1. The number of nitrogens with one attached hydrogen (secondary N) is 1. The first-order valence-electron chi connectivity index (χ1n) is 7.65. The van der Waals surface area contributed by atoms with Gasteiger partial charge in [-0.15, -0.1) is 0 Å². The highest BCUT2D eigenvalue weighted by Gasteiger charge is 2.31. The second-order valence-electron chi connectivity index (χ2n) is 6.46. The topological polar surface area (TPSA) is 37.6 Å². The van der Waals surface area contributed by atoms with Crippen molar-refractivity contribution in [2.45, 2.75) is 58.9 Å². The summed E-state index contributed by atoms with van der Waals surface area (Å²) in [5, 5.41) is 3.39. The van der Waals surface area contributed by atoms with E-state index in [-0.39, 0.29) is 11.7 Å². The molecule has 1 unspecified atom stereocenters. The molecule has 1 fully saturated rings. The molecule has 1 aliphatic rings. The van der Waals surface area contributed by atoms with E-state index in [0.29, 0.717) is 0 Å². The fraction of sp³-hybridized carbons (Fsp3) is 0.750. The molecule has 1 aromatic heterocycles. The SMILES string of the molecule is CCCNCc1coc(CN2CC(C)OC(C)(C)C2)c1. The minimum absolute atomic E-state index is 0.0736. The average molecular weight is 280 g/mol. The molecular weight excluding hydrogens is 252 g/mol. The van der Waals surface area contributed by atoms with Crippen molar-refractivity contribution in [3.8, 4) is 0 Å². The average Bonchev–Trinajstić information content (AvgIpc) is 2.74. The number of hydrogen-bond donors (Lipinski definition) is 1. The van der Waals surface area contributed by atoms with Crippen LogP contribution >= 0.6 is 0 Å². The number of hydrogen-bond acceptors (Lipinski definition) is 4. The quantitative estimate of drug-likeness (QED) is 0.813. The van der Waals surface area contributed by atoms with Gasteiger partial charge in [-0.2, -0.15) is 0 Å². The number of rotatable bonds is 6. The van der Waals surface area contributed by atoms with Crippen LogP contribution in [0.15, 0.2) is 16.7 Å². The van der Waals surface area contributed by atoms with E-state index in [1.807, 2.05) is 6.26 Å². The van der Waals surface area contributed by atoms with Crippen molar-refractivity contribution in [1.82, 2.24) is 10.2 Å². The molecule has 1 saturated heterocycles. The van der Waals surface area contributed by atoms with Crippen LogP contribution in [0.25, 0.3) is 0 Å². The summed E-state index contributed by atoms with van der Waals surface area (Å²) in [5.41, 5.74) is 1.16. The summed E-state index contributed by atoms with van der Waals surface area (Å²) in [7, 11) is 0. The Hall–Kier alpha value is -0.840. The zero-order valence-electron chi connectivity index (χ0n) is 13.2.